The van der Waals surface area contributed by atoms with Gasteiger partial charge in [-0.15, -0.1) is 0 Å². The second-order valence-corrected chi connectivity index (χ2v) is 22.5. The maximum absolute atomic E-state index is 13.3. The molecule has 8 N–H and O–H groups in total. The molecule has 19 heteroatoms. The molecule has 5 aliphatic carbocycles. The summed E-state index contributed by atoms with van der Waals surface area (Å²) in [7, 11) is 3.49. The largest absolute Gasteiger partial charge is 1.00 e. The number of hydrogen-bond donors (Lipinski definition) is 6. The Balaban J connectivity index is 0.000000152. The molecule has 1 unspecified atom stereocenters. The Morgan fingerprint density at radius 2 is 1.44 bits per heavy atom. The first kappa shape index (κ1) is 57.3. The van der Waals surface area contributed by atoms with Gasteiger partial charge in [-0.05, 0) is 136 Å². The molecule has 3 aromatic heterocycles. The van der Waals surface area contributed by atoms with E-state index in [0.717, 1.165) is 63.3 Å². The molecule has 5 aliphatic heterocycles. The number of nitrogens with two attached hydrogens (primary N) is 2. The number of aliphatic hydroxyl groups excluding tert-OH is 1. The van der Waals surface area contributed by atoms with Crippen molar-refractivity contribution in [1.29, 1.82) is 0 Å². The van der Waals surface area contributed by atoms with Crippen molar-refractivity contribution >= 4 is 81.4 Å². The van der Waals surface area contributed by atoms with E-state index in [0.29, 0.717) is 25.1 Å². The van der Waals surface area contributed by atoms with E-state index in [1.54, 1.807) is 19.1 Å². The zero-order valence-corrected chi connectivity index (χ0v) is 48.1. The van der Waals surface area contributed by atoms with E-state index < -0.39 is 52.3 Å². The number of hydrogen-bond acceptors (Lipinski definition) is 15. The molecule has 2 saturated heterocycles. The fraction of sp³-hybridized carbons (Fsp3) is 0.433. The van der Waals surface area contributed by atoms with Gasteiger partial charge in [-0.25, -0.2) is 14.8 Å². The molecule has 410 valence electrons. The topological polar surface area (TPSA) is 277 Å². The Hall–Kier alpha value is -6.38. The molecule has 8 heterocycles. The Bertz CT molecular complexity index is 3360. The predicted molar refractivity (Wildman–Crippen MR) is 295 cm³/mol. The van der Waals surface area contributed by atoms with Gasteiger partial charge in [0, 0.05) is 76.1 Å². The van der Waals surface area contributed by atoms with E-state index >= 15 is 0 Å². The molecule has 18 nitrogen and oxygen atoms in total. The summed E-state index contributed by atoms with van der Waals surface area (Å²) < 4.78 is 10.9. The minimum atomic E-state index is -1.62. The molecular weight excluding hydrogens is 1020 g/mol. The van der Waals surface area contributed by atoms with Crippen molar-refractivity contribution in [3.05, 3.63) is 118 Å². The number of methoxy groups -OCH3 is 1. The Morgan fingerprint density at radius 3 is 2.00 bits per heavy atom. The SMILES string of the molecule is C1=Cc2cc3ccc(cc4ccc(cc5nc(cc1n2)C=C5)[nH]4)[nH]3.CCC.CO[C@@]12[C@H](COC(N)=O)C3=C(C(=O)C(C)=C(N)C3=O)N1C[C@H]1[C@@H]2N1C.C[C@]12C=CC(=O)C=C1CC[C@@H]1[C@@H]2C(=O)C[C@@]2(C)[C@H]1CC[C@]2(O)C(=O)CO.[H-].[Na+]. The number of likely N-dealkylation sites (N-methyl/N-ethyl adjacent to an activating group) is 1. The summed E-state index contributed by atoms with van der Waals surface area (Å²) in [6.45, 7) is 9.40. The molecule has 8 bridgehead atoms. The summed E-state index contributed by atoms with van der Waals surface area (Å²) >= 11 is 0. The monoisotopic (exact) mass is 1080 g/mol. The van der Waals surface area contributed by atoms with Crippen LogP contribution >= 0.6 is 0 Å². The van der Waals surface area contributed by atoms with Crippen LogP contribution in [0.5, 0.6) is 0 Å². The molecule has 0 aromatic carbocycles. The van der Waals surface area contributed by atoms with Crippen molar-refractivity contribution in [1.82, 2.24) is 29.7 Å². The number of primary amides is 1. The molecule has 5 fully saturated rings. The molecule has 11 atom stereocenters. The third-order valence-electron chi connectivity index (χ3n) is 18.0. The number of ketones is 5. The van der Waals surface area contributed by atoms with Crippen LogP contribution in [-0.2, 0) is 33.4 Å². The molecule has 3 saturated carbocycles. The molecule has 3 aromatic rings. The Kier molecular flexibility index (Phi) is 15.7. The second-order valence-electron chi connectivity index (χ2n) is 22.5. The molecule has 0 radical (unpaired) electrons. The number of nitrogens with one attached hydrogen (secondary N) is 2. The molecular formula is C60H69N8NaO10. The first-order valence-corrected chi connectivity index (χ1v) is 26.8. The average molecular weight is 1090 g/mol. The number of aromatic amines is 2. The van der Waals surface area contributed by atoms with Crippen molar-refractivity contribution in [2.75, 3.05) is 33.9 Å². The van der Waals surface area contributed by atoms with Gasteiger partial charge >= 0.3 is 35.7 Å². The normalized spacial score (nSPS) is 31.8. The number of H-pyrrole nitrogens is 2. The van der Waals surface area contributed by atoms with Crippen LogP contribution in [0.15, 0.2) is 94.9 Å². The number of rotatable bonds is 5. The number of aromatic nitrogens is 4. The number of ether oxygens (including phenoxy) is 2. The molecule has 13 rings (SSSR count). The van der Waals surface area contributed by atoms with Crippen molar-refractivity contribution in [2.24, 2.45) is 46.0 Å². The summed E-state index contributed by atoms with van der Waals surface area (Å²) in [5.41, 5.74) is 16.8. The van der Waals surface area contributed by atoms with Crippen molar-refractivity contribution in [3.63, 3.8) is 0 Å². The first-order valence-electron chi connectivity index (χ1n) is 26.8. The van der Waals surface area contributed by atoms with Crippen LogP contribution in [0.2, 0.25) is 0 Å². The van der Waals surface area contributed by atoms with Gasteiger partial charge in [-0.3, -0.25) is 28.9 Å². The first-order chi connectivity index (χ1) is 37.2. The standard InChI is InChI=1S/C21H26O5.C20H14N4.C16H20N4O5.C3H8.Na.H/c1-19-7-5-13(23)9-12(19)3-4-14-15-6-8-21(26,17(25)11-22)20(15,2)10-16(24)18(14)19;1-2-14-10-16-5-6-18(23-16)12-20-8-7-19(24-20)11-17-4-3-15(22-17)9-13(1)21-14;1-6-10(17)13(22)9-7(5-25-15(18)23)16(24-3)14-8(19(14)2)4-20(16)11(9)12(6)21;1-3-2;;/h5,7,9,14-15,18,22,26H,3-4,6,8,10-11H2,1-2H3;1-12,21-22H;7-8,14H,4-5,17H2,1-3H3,(H2,18,23);3H2,1-2H3;;/q;;;;+1;-1/t14-,15-,18+,19-,20-,21-;;7-,8+,14+,16-,19?;;;/m0.1.../s1. The fourth-order valence-electron chi connectivity index (χ4n) is 14.3. The number of allylic oxidation sites excluding steroid dienone is 6. The van der Waals surface area contributed by atoms with Gasteiger partial charge < -0.3 is 47.4 Å². The maximum atomic E-state index is 13.3. The van der Waals surface area contributed by atoms with Gasteiger partial charge in [0.15, 0.2) is 17.3 Å². The van der Waals surface area contributed by atoms with Gasteiger partial charge in [-0.1, -0.05) is 45.8 Å². The number of amides is 1. The van der Waals surface area contributed by atoms with E-state index in [1.807, 2.05) is 74.4 Å². The summed E-state index contributed by atoms with van der Waals surface area (Å²) in [4.78, 5) is 94.2. The van der Waals surface area contributed by atoms with E-state index in [9.17, 15) is 39.0 Å². The van der Waals surface area contributed by atoms with Crippen LogP contribution in [0.3, 0.4) is 0 Å². The van der Waals surface area contributed by atoms with Crippen LogP contribution in [0.25, 0.3) is 46.4 Å². The zero-order valence-electron chi connectivity index (χ0n) is 47.1. The molecule has 1 amide bonds. The third-order valence-corrected chi connectivity index (χ3v) is 18.0. The Labute approximate surface area is 481 Å². The van der Waals surface area contributed by atoms with Crippen molar-refractivity contribution < 1.29 is 79.4 Å². The summed E-state index contributed by atoms with van der Waals surface area (Å²) in [6.07, 6.45) is 16.2. The number of Topliss-reactive ketones (excluding diaryl/α,β-unsaturated/α-hetero) is 4. The van der Waals surface area contributed by atoms with Gasteiger partial charge in [0.05, 0.1) is 46.1 Å². The number of carbonyl (C=O) groups excluding carboxylic acids is 6. The minimum absolute atomic E-state index is 0. The van der Waals surface area contributed by atoms with Gasteiger partial charge in [0.25, 0.3) is 0 Å². The van der Waals surface area contributed by atoms with E-state index in [1.165, 1.54) is 13.5 Å². The zero-order chi connectivity index (χ0) is 55.8. The van der Waals surface area contributed by atoms with Crippen LogP contribution in [-0.4, -0.2) is 132 Å². The maximum Gasteiger partial charge on any atom is 1.00 e. The summed E-state index contributed by atoms with van der Waals surface area (Å²) in [6, 6.07) is 16.6. The summed E-state index contributed by atoms with van der Waals surface area (Å²) in [5.74, 6) is -1.91. The van der Waals surface area contributed by atoms with E-state index in [2.05, 4.69) is 69.0 Å². The van der Waals surface area contributed by atoms with E-state index in [4.69, 9.17) is 20.9 Å². The number of fused-ring (bicyclic) bond motifs is 17. The van der Waals surface area contributed by atoms with E-state index in [-0.39, 0.29) is 108 Å². The van der Waals surface area contributed by atoms with Gasteiger partial charge in [0.1, 0.15) is 24.6 Å². The smallest absolute Gasteiger partial charge is 1.00 e. The van der Waals surface area contributed by atoms with Gasteiger partial charge in [0.2, 0.25) is 11.6 Å². The van der Waals surface area contributed by atoms with Crippen LogP contribution in [0, 0.1) is 34.5 Å². The molecule has 79 heavy (non-hydrogen) atoms. The van der Waals surface area contributed by atoms with Crippen LogP contribution < -0.4 is 41.0 Å². The number of aliphatic hydroxyl groups is 2. The van der Waals surface area contributed by atoms with Crippen molar-refractivity contribution in [3.8, 4) is 0 Å². The average Bonchev–Trinajstić information content (AvgIpc) is 4.40. The van der Waals surface area contributed by atoms with Crippen LogP contribution in [0.1, 0.15) is 97.3 Å². The fourth-order valence-corrected chi connectivity index (χ4v) is 14.3. The number of carbonyl (C=O) groups is 6. The van der Waals surface area contributed by atoms with Gasteiger partial charge in [-0.2, -0.15) is 0 Å². The van der Waals surface area contributed by atoms with Crippen molar-refractivity contribution in [2.45, 2.75) is 96.6 Å². The molecule has 0 spiro atoms. The minimum Gasteiger partial charge on any atom is -1.00 e. The predicted octanol–water partition coefficient (Wildman–Crippen LogP) is 3.65. The number of piperazine rings is 1. The Morgan fingerprint density at radius 1 is 0.873 bits per heavy atom. The molecule has 10 aliphatic rings. The summed E-state index contributed by atoms with van der Waals surface area (Å²) in [5, 5.41) is 20.5. The third kappa shape index (κ3) is 9.55. The quantitative estimate of drug-likeness (QED) is 0.0833. The van der Waals surface area contributed by atoms with Crippen LogP contribution in [0.4, 0.5) is 4.79 Å². The second kappa shape index (κ2) is 21.6. The number of nitrogens with zero attached hydrogens (tertiary/aromatic N) is 4.